The summed E-state index contributed by atoms with van der Waals surface area (Å²) < 4.78 is 38.6. The van der Waals surface area contributed by atoms with Crippen LogP contribution in [0.1, 0.15) is 54.7 Å². The lowest BCUT2D eigenvalue weighted by atomic mass is 9.97. The molecule has 8 heteroatoms. The molecule has 4 rings (SSSR count). The van der Waals surface area contributed by atoms with Crippen LogP contribution < -0.4 is 14.8 Å². The Morgan fingerprint density at radius 1 is 1.15 bits per heavy atom. The van der Waals surface area contributed by atoms with Crippen molar-refractivity contribution in [3.8, 4) is 11.5 Å². The number of anilines is 1. The number of hydrogen-bond acceptors (Lipinski definition) is 6. The van der Waals surface area contributed by atoms with Gasteiger partial charge < -0.3 is 19.7 Å². The number of methoxy groups -OCH3 is 1. The highest BCUT2D eigenvalue weighted by Crippen LogP contribution is 2.36. The Morgan fingerprint density at radius 2 is 1.91 bits per heavy atom. The first-order valence-corrected chi connectivity index (χ1v) is 11.6. The maximum absolute atomic E-state index is 13.4. The number of alkyl halides is 2. The highest BCUT2D eigenvalue weighted by atomic mass is 19.3. The Balaban J connectivity index is 1.67. The predicted octanol–water partition coefficient (Wildman–Crippen LogP) is 5.84. The summed E-state index contributed by atoms with van der Waals surface area (Å²) in [6, 6.07) is 8.90. The van der Waals surface area contributed by atoms with Gasteiger partial charge in [-0.3, -0.25) is 0 Å². The Labute approximate surface area is 199 Å². The molecule has 1 unspecified atom stereocenters. The number of fused-ring (bicyclic) bond motifs is 1. The predicted molar refractivity (Wildman–Crippen MR) is 130 cm³/mol. The third kappa shape index (κ3) is 4.92. The van der Waals surface area contributed by atoms with Gasteiger partial charge in [-0.1, -0.05) is 18.2 Å². The fourth-order valence-electron chi connectivity index (χ4n) is 4.67. The number of hydrogen-bond donors (Lipinski definition) is 1. The Kier molecular flexibility index (Phi) is 7.16. The van der Waals surface area contributed by atoms with Crippen LogP contribution in [0.15, 0.2) is 30.3 Å². The molecule has 0 amide bonds. The van der Waals surface area contributed by atoms with Gasteiger partial charge in [0.25, 0.3) is 6.43 Å². The van der Waals surface area contributed by atoms with Gasteiger partial charge in [0.1, 0.15) is 18.2 Å². The van der Waals surface area contributed by atoms with E-state index in [2.05, 4.69) is 27.2 Å². The quantitative estimate of drug-likeness (QED) is 0.446. The lowest BCUT2D eigenvalue weighted by Gasteiger charge is -2.22. The van der Waals surface area contributed by atoms with Gasteiger partial charge in [-0.25, -0.2) is 18.7 Å². The number of likely N-dealkylation sites (tertiary alicyclic amines) is 1. The number of aromatic nitrogens is 2. The second-order valence-corrected chi connectivity index (χ2v) is 8.96. The molecule has 0 bridgehead atoms. The summed E-state index contributed by atoms with van der Waals surface area (Å²) in [4.78, 5) is 11.5. The molecule has 1 N–H and O–H groups in total. The summed E-state index contributed by atoms with van der Waals surface area (Å²) in [5.74, 6) is 2.48. The van der Waals surface area contributed by atoms with Gasteiger partial charge in [0, 0.05) is 23.1 Å². The molecular weight excluding hydrogens is 438 g/mol. The molecule has 0 radical (unpaired) electrons. The smallest absolute Gasteiger partial charge is 0.264 e. The van der Waals surface area contributed by atoms with Crippen molar-refractivity contribution in [1.29, 1.82) is 0 Å². The summed E-state index contributed by atoms with van der Waals surface area (Å²) in [6.45, 7) is 7.15. The van der Waals surface area contributed by atoms with E-state index in [1.165, 1.54) is 12.5 Å². The van der Waals surface area contributed by atoms with Crippen molar-refractivity contribution in [2.75, 3.05) is 32.6 Å². The van der Waals surface area contributed by atoms with Gasteiger partial charge in [0.05, 0.1) is 18.7 Å². The van der Waals surface area contributed by atoms with Crippen molar-refractivity contribution in [2.45, 2.75) is 52.1 Å². The first-order chi connectivity index (χ1) is 16.3. The number of nitrogens with zero attached hydrogens (tertiary/aromatic N) is 3. The molecule has 3 aromatic rings. The van der Waals surface area contributed by atoms with E-state index in [-0.39, 0.29) is 11.6 Å². The summed E-state index contributed by atoms with van der Waals surface area (Å²) in [5, 5.41) is 4.21. The molecular formula is C26H32F2N4O2. The second-order valence-electron chi connectivity index (χ2n) is 8.96. The lowest BCUT2D eigenvalue weighted by molar-refractivity contribution is 0.150. The summed E-state index contributed by atoms with van der Waals surface area (Å²) in [7, 11) is 3.73. The highest BCUT2D eigenvalue weighted by molar-refractivity contribution is 5.92. The van der Waals surface area contributed by atoms with Crippen LogP contribution in [0.4, 0.5) is 14.6 Å². The van der Waals surface area contributed by atoms with Crippen LogP contribution in [-0.2, 0) is 0 Å². The number of benzene rings is 2. The minimum Gasteiger partial charge on any atom is -0.493 e. The van der Waals surface area contributed by atoms with Gasteiger partial charge in [0.15, 0.2) is 11.5 Å². The first kappa shape index (κ1) is 24.1. The average molecular weight is 471 g/mol. The molecule has 2 atom stereocenters. The number of rotatable bonds is 8. The van der Waals surface area contributed by atoms with Crippen molar-refractivity contribution in [3.63, 3.8) is 0 Å². The van der Waals surface area contributed by atoms with Crippen LogP contribution in [0.5, 0.6) is 11.5 Å². The zero-order valence-corrected chi connectivity index (χ0v) is 20.4. The average Bonchev–Trinajstić information content (AvgIpc) is 3.21. The Hall–Kier alpha value is -3.00. The first-order valence-electron chi connectivity index (χ1n) is 11.6. The van der Waals surface area contributed by atoms with Crippen molar-refractivity contribution < 1.29 is 18.3 Å². The monoisotopic (exact) mass is 470 g/mol. The van der Waals surface area contributed by atoms with E-state index in [1.54, 1.807) is 20.1 Å². The molecule has 6 nitrogen and oxygen atoms in total. The van der Waals surface area contributed by atoms with Crippen LogP contribution in [0.25, 0.3) is 10.9 Å². The molecule has 2 heterocycles. The topological polar surface area (TPSA) is 59.5 Å². The van der Waals surface area contributed by atoms with Crippen molar-refractivity contribution in [3.05, 3.63) is 52.8 Å². The molecule has 0 spiro atoms. The van der Waals surface area contributed by atoms with E-state index in [0.717, 1.165) is 29.4 Å². The van der Waals surface area contributed by atoms with E-state index in [9.17, 15) is 8.78 Å². The number of ether oxygens (including phenoxy) is 2. The minimum atomic E-state index is -2.51. The third-order valence-electron chi connectivity index (χ3n) is 6.67. The molecule has 34 heavy (non-hydrogen) atoms. The Bertz CT molecular complexity index is 1170. The molecule has 1 fully saturated rings. The van der Waals surface area contributed by atoms with E-state index in [1.807, 2.05) is 32.0 Å². The maximum atomic E-state index is 13.4. The molecule has 1 aliphatic heterocycles. The summed E-state index contributed by atoms with van der Waals surface area (Å²) in [6.07, 6.45) is -0.235. The van der Waals surface area contributed by atoms with E-state index >= 15 is 0 Å². The second kappa shape index (κ2) is 10.1. The number of aryl methyl sites for hydroxylation is 1. The highest BCUT2D eigenvalue weighted by Gasteiger charge is 2.23. The van der Waals surface area contributed by atoms with Gasteiger partial charge in [0.2, 0.25) is 0 Å². The zero-order chi connectivity index (χ0) is 24.4. The van der Waals surface area contributed by atoms with Crippen LogP contribution in [0, 0.1) is 13.8 Å². The molecule has 0 saturated carbocycles. The fraction of sp³-hybridized carbons (Fsp3) is 0.462. The van der Waals surface area contributed by atoms with E-state index in [4.69, 9.17) is 9.47 Å². The molecule has 182 valence electrons. The Morgan fingerprint density at radius 3 is 2.59 bits per heavy atom. The molecule has 1 aliphatic rings. The standard InChI is InChI=1S/C26H32F2N4O2/c1-15-19(9-6-10-20(15)25(27)28)16(2)29-26-21-12-24(34-14-18-8-7-11-32(18)4)23(33-5)13-22(21)30-17(3)31-26/h6,9-10,12-13,16,18,25H,7-8,11,14H2,1-5H3,(H,29,30,31)/t16-,18?/m1/s1. The van der Waals surface area contributed by atoms with E-state index in [0.29, 0.717) is 41.4 Å². The van der Waals surface area contributed by atoms with Crippen LogP contribution in [0.2, 0.25) is 0 Å². The number of halogens is 2. The van der Waals surface area contributed by atoms with Crippen LogP contribution in [-0.4, -0.2) is 48.2 Å². The van der Waals surface area contributed by atoms with Gasteiger partial charge in [-0.2, -0.15) is 0 Å². The van der Waals surface area contributed by atoms with E-state index < -0.39 is 6.43 Å². The third-order valence-corrected chi connectivity index (χ3v) is 6.67. The zero-order valence-electron chi connectivity index (χ0n) is 20.4. The van der Waals surface area contributed by atoms with Gasteiger partial charge >= 0.3 is 0 Å². The lowest BCUT2D eigenvalue weighted by Crippen LogP contribution is -2.30. The number of nitrogens with one attached hydrogen (secondary N) is 1. The molecule has 1 aromatic heterocycles. The van der Waals surface area contributed by atoms with Gasteiger partial charge in [-0.15, -0.1) is 0 Å². The summed E-state index contributed by atoms with van der Waals surface area (Å²) >= 11 is 0. The van der Waals surface area contributed by atoms with Gasteiger partial charge in [-0.05, 0) is 64.4 Å². The van der Waals surface area contributed by atoms with Crippen molar-refractivity contribution in [1.82, 2.24) is 14.9 Å². The fourth-order valence-corrected chi connectivity index (χ4v) is 4.67. The molecule has 0 aliphatic carbocycles. The van der Waals surface area contributed by atoms with Crippen molar-refractivity contribution in [2.24, 2.45) is 0 Å². The largest absolute Gasteiger partial charge is 0.493 e. The van der Waals surface area contributed by atoms with Crippen LogP contribution in [0.3, 0.4) is 0 Å². The SMILES string of the molecule is COc1cc2nc(C)nc(N[C@H](C)c3cccc(C(F)F)c3C)c2cc1OCC1CCCN1C. The summed E-state index contributed by atoms with van der Waals surface area (Å²) in [5.41, 5.74) is 2.16. The minimum absolute atomic E-state index is 0.0483. The van der Waals surface area contributed by atoms with Crippen LogP contribution >= 0.6 is 0 Å². The number of likely N-dealkylation sites (N-methyl/N-ethyl adjacent to an activating group) is 1. The molecule has 1 saturated heterocycles. The van der Waals surface area contributed by atoms with Crippen molar-refractivity contribution >= 4 is 16.7 Å². The normalized spacial score (nSPS) is 17.4. The maximum Gasteiger partial charge on any atom is 0.264 e. The molecule has 2 aromatic carbocycles.